The summed E-state index contributed by atoms with van der Waals surface area (Å²) >= 11 is 0. The van der Waals surface area contributed by atoms with Gasteiger partial charge in [-0.15, -0.1) is 0 Å². The van der Waals surface area contributed by atoms with Gasteiger partial charge in [0.05, 0.1) is 24.6 Å². The molecule has 204 valence electrons. The van der Waals surface area contributed by atoms with Gasteiger partial charge < -0.3 is 20.7 Å². The van der Waals surface area contributed by atoms with Crippen molar-refractivity contribution < 1.29 is 19.7 Å². The Hall–Kier alpha value is -4.47. The molecule has 1 aliphatic heterocycles. The summed E-state index contributed by atoms with van der Waals surface area (Å²) in [5.41, 5.74) is 10.7. The number of nitrogens with zero attached hydrogens (tertiary/aromatic N) is 4. The first-order valence-corrected chi connectivity index (χ1v) is 13.4. The summed E-state index contributed by atoms with van der Waals surface area (Å²) in [7, 11) is 0. The van der Waals surface area contributed by atoms with Crippen molar-refractivity contribution in [3.63, 3.8) is 0 Å². The number of likely N-dealkylation sites (tertiary alicyclic amines) is 1. The summed E-state index contributed by atoms with van der Waals surface area (Å²) in [5, 5.41) is 26.7. The maximum Gasteiger partial charge on any atom is 0.307 e. The fourth-order valence-corrected chi connectivity index (χ4v) is 5.69. The zero-order chi connectivity index (χ0) is 27.6. The smallest absolute Gasteiger partial charge is 0.307 e. The summed E-state index contributed by atoms with van der Waals surface area (Å²) < 4.78 is 8.28. The van der Waals surface area contributed by atoms with Crippen molar-refractivity contribution in [2.75, 3.05) is 32.0 Å². The number of rotatable bonds is 9. The first kappa shape index (κ1) is 25.8. The van der Waals surface area contributed by atoms with E-state index in [0.29, 0.717) is 23.7 Å². The minimum absolute atomic E-state index is 0.114. The predicted octanol–water partition coefficient (Wildman–Crippen LogP) is 4.28. The van der Waals surface area contributed by atoms with E-state index in [0.717, 1.165) is 58.0 Å². The average Bonchev–Trinajstić information content (AvgIpc) is 3.57. The van der Waals surface area contributed by atoms with E-state index in [1.165, 1.54) is 0 Å². The number of hydrogen-bond acceptors (Lipinski definition) is 7. The number of β-amino-alcohol motifs (C(OH)–C–C–N with tert-alkyl or cyclic N) is 1. The number of aliphatic carboxylic acids is 1. The minimum Gasteiger partial charge on any atom is -0.487 e. The minimum atomic E-state index is -0.907. The molecule has 1 saturated heterocycles. The summed E-state index contributed by atoms with van der Waals surface area (Å²) in [5.74, 6) is 0.127. The topological polar surface area (TPSA) is 127 Å². The van der Waals surface area contributed by atoms with Crippen molar-refractivity contribution in [3.05, 3.63) is 84.2 Å². The molecule has 1 fully saturated rings. The van der Waals surface area contributed by atoms with Crippen LogP contribution < -0.4 is 10.5 Å². The number of hydrogen-bond donors (Lipinski definition) is 3. The van der Waals surface area contributed by atoms with Gasteiger partial charge >= 0.3 is 5.97 Å². The molecule has 0 aliphatic carbocycles. The molecule has 40 heavy (non-hydrogen) atoms. The lowest BCUT2D eigenvalue weighted by Gasteiger charge is -2.15. The first-order valence-electron chi connectivity index (χ1n) is 13.4. The fraction of sp³-hybridized carbons (Fsp3) is 0.258. The molecule has 3 heterocycles. The molecule has 0 radical (unpaired) electrons. The maximum absolute atomic E-state index is 11.4. The number of aromatic nitrogens is 3. The third-order valence-corrected chi connectivity index (χ3v) is 7.62. The number of fused-ring (bicyclic) bond motifs is 2. The third-order valence-electron chi connectivity index (χ3n) is 7.62. The molecule has 2 aromatic heterocycles. The van der Waals surface area contributed by atoms with E-state index in [1.54, 1.807) is 18.3 Å². The molecule has 0 amide bonds. The van der Waals surface area contributed by atoms with Gasteiger partial charge in [0.15, 0.2) is 0 Å². The Bertz CT molecular complexity index is 1700. The van der Waals surface area contributed by atoms with Crippen LogP contribution in [0.1, 0.15) is 23.7 Å². The lowest BCUT2D eigenvalue weighted by molar-refractivity contribution is -0.136. The highest BCUT2D eigenvalue weighted by atomic mass is 16.5. The summed E-state index contributed by atoms with van der Waals surface area (Å²) in [6.45, 7) is 2.70. The van der Waals surface area contributed by atoms with Crippen molar-refractivity contribution in [1.82, 2.24) is 19.7 Å². The van der Waals surface area contributed by atoms with Crippen molar-refractivity contribution in [2.45, 2.75) is 25.5 Å². The standard InChI is InChI=1S/C31H31N5O4/c32-31-25-6-3-5-23(24(25)10-12-33-31)20-8-9-28-26(16-20)27(34-36(28)22-11-13-35(18-22)14-15-37)19-40-29-7-2-1-4-21(29)17-30(38)39/h1-10,12,16,22,37H,11,13-15,17-19H2,(H2,32,33)(H,38,39). The second-order valence-electron chi connectivity index (χ2n) is 10.2. The second kappa shape index (κ2) is 11.0. The van der Waals surface area contributed by atoms with E-state index in [9.17, 15) is 15.0 Å². The molecule has 4 N–H and O–H groups in total. The van der Waals surface area contributed by atoms with Crippen LogP contribution in [0.15, 0.2) is 72.9 Å². The van der Waals surface area contributed by atoms with Crippen LogP contribution in [0.5, 0.6) is 5.75 Å². The van der Waals surface area contributed by atoms with Crippen LogP contribution in [0.2, 0.25) is 0 Å². The number of nitrogen functional groups attached to an aromatic ring is 1. The third kappa shape index (κ3) is 4.97. The van der Waals surface area contributed by atoms with Crippen LogP contribution in [0.3, 0.4) is 0 Å². The number of aliphatic hydroxyl groups excluding tert-OH is 1. The van der Waals surface area contributed by atoms with Crippen LogP contribution in [0.4, 0.5) is 5.82 Å². The van der Waals surface area contributed by atoms with Gasteiger partial charge in [0.2, 0.25) is 0 Å². The van der Waals surface area contributed by atoms with Gasteiger partial charge in [-0.1, -0.05) is 42.5 Å². The molecule has 3 aromatic carbocycles. The largest absolute Gasteiger partial charge is 0.487 e. The van der Waals surface area contributed by atoms with Gasteiger partial charge in [0, 0.05) is 42.2 Å². The Kier molecular flexibility index (Phi) is 7.06. The van der Waals surface area contributed by atoms with E-state index in [4.69, 9.17) is 15.6 Å². The maximum atomic E-state index is 11.4. The Morgan fingerprint density at radius 1 is 1.05 bits per heavy atom. The van der Waals surface area contributed by atoms with Crippen LogP contribution in [-0.4, -0.2) is 62.1 Å². The number of pyridine rings is 1. The van der Waals surface area contributed by atoms with E-state index in [2.05, 4.69) is 38.8 Å². The predicted molar refractivity (Wildman–Crippen MR) is 154 cm³/mol. The van der Waals surface area contributed by atoms with Crippen LogP contribution in [0.25, 0.3) is 32.8 Å². The SMILES string of the molecule is Nc1nccc2c(-c3ccc4c(c3)c(COc3ccccc3CC(=O)O)nn4C3CCN(CCO)C3)cccc12. The Labute approximate surface area is 231 Å². The van der Waals surface area contributed by atoms with Crippen LogP contribution in [0, 0.1) is 0 Å². The molecule has 1 aliphatic rings. The van der Waals surface area contributed by atoms with E-state index < -0.39 is 5.97 Å². The van der Waals surface area contributed by atoms with Gasteiger partial charge in [0.1, 0.15) is 23.9 Å². The number of nitrogens with two attached hydrogens (primary N) is 1. The van der Waals surface area contributed by atoms with Gasteiger partial charge in [0.25, 0.3) is 0 Å². The highest BCUT2D eigenvalue weighted by molar-refractivity contribution is 6.02. The molecule has 0 saturated carbocycles. The molecule has 0 spiro atoms. The summed E-state index contributed by atoms with van der Waals surface area (Å²) in [6.07, 6.45) is 2.55. The number of carboxylic acid groups (broad SMARTS) is 1. The van der Waals surface area contributed by atoms with Crippen molar-refractivity contribution in [2.24, 2.45) is 0 Å². The highest BCUT2D eigenvalue weighted by Crippen LogP contribution is 2.35. The average molecular weight is 538 g/mol. The number of carboxylic acids is 1. The first-order chi connectivity index (χ1) is 19.5. The van der Waals surface area contributed by atoms with Gasteiger partial charge in [-0.25, -0.2) is 4.98 Å². The van der Waals surface area contributed by atoms with Gasteiger partial charge in [-0.05, 0) is 47.2 Å². The van der Waals surface area contributed by atoms with E-state index >= 15 is 0 Å². The monoisotopic (exact) mass is 537 g/mol. The van der Waals surface area contributed by atoms with E-state index in [-0.39, 0.29) is 25.7 Å². The number of ether oxygens (including phenoxy) is 1. The molecule has 0 bridgehead atoms. The molecule has 5 aromatic rings. The lowest BCUT2D eigenvalue weighted by atomic mass is 9.97. The molecule has 6 rings (SSSR count). The zero-order valence-electron chi connectivity index (χ0n) is 22.0. The number of para-hydroxylation sites is 1. The number of aliphatic hydroxyl groups is 1. The molecule has 1 unspecified atom stereocenters. The molecular formula is C31H31N5O4. The quantitative estimate of drug-likeness (QED) is 0.254. The highest BCUT2D eigenvalue weighted by Gasteiger charge is 2.27. The second-order valence-corrected chi connectivity index (χ2v) is 10.2. The molecule has 1 atom stereocenters. The molecular weight excluding hydrogens is 506 g/mol. The van der Waals surface area contributed by atoms with Crippen molar-refractivity contribution in [1.29, 1.82) is 0 Å². The lowest BCUT2D eigenvalue weighted by Crippen LogP contribution is -2.25. The Morgan fingerprint density at radius 3 is 2.77 bits per heavy atom. The summed E-state index contributed by atoms with van der Waals surface area (Å²) in [6, 6.07) is 21.8. The Morgan fingerprint density at radius 2 is 1.93 bits per heavy atom. The molecule has 9 heteroatoms. The van der Waals surface area contributed by atoms with Crippen molar-refractivity contribution in [3.8, 4) is 16.9 Å². The fourth-order valence-electron chi connectivity index (χ4n) is 5.69. The van der Waals surface area contributed by atoms with Gasteiger partial charge in [-0.3, -0.25) is 14.4 Å². The van der Waals surface area contributed by atoms with Crippen LogP contribution >= 0.6 is 0 Å². The zero-order valence-corrected chi connectivity index (χ0v) is 22.0. The normalized spacial score (nSPS) is 15.7. The number of carbonyl (C=O) groups is 1. The van der Waals surface area contributed by atoms with Crippen LogP contribution in [-0.2, 0) is 17.8 Å². The number of anilines is 1. The number of benzene rings is 3. The molecule has 9 nitrogen and oxygen atoms in total. The van der Waals surface area contributed by atoms with Crippen molar-refractivity contribution >= 4 is 33.5 Å². The summed E-state index contributed by atoms with van der Waals surface area (Å²) in [4.78, 5) is 17.9. The Balaban J connectivity index is 1.42. The van der Waals surface area contributed by atoms with Gasteiger partial charge in [-0.2, -0.15) is 5.10 Å². The van der Waals surface area contributed by atoms with E-state index in [1.807, 2.05) is 30.3 Å².